The van der Waals surface area contributed by atoms with Crippen LogP contribution in [0.4, 0.5) is 0 Å². The molecule has 3 rings (SSSR count). The van der Waals surface area contributed by atoms with Crippen LogP contribution in [0.15, 0.2) is 59.5 Å². The van der Waals surface area contributed by atoms with E-state index in [1.54, 1.807) is 42.5 Å². The highest BCUT2D eigenvalue weighted by Crippen LogP contribution is 2.19. The molecule has 8 heteroatoms. The standard InChI is InChI=1S/C20H23ClN2O4S/c21-17-10-8-16(9-11-17)14-23(28(25,26)19-6-2-1-3-7-19)15-20(24)22-13-18-5-4-12-27-18/h1-3,6-11,18H,4-5,12-15H2,(H,22,24)/t18-/m0/s1. The fraction of sp³-hybridized carbons (Fsp3) is 0.350. The van der Waals surface area contributed by atoms with E-state index in [0.29, 0.717) is 18.2 Å². The fourth-order valence-electron chi connectivity index (χ4n) is 3.01. The Morgan fingerprint density at radius 2 is 1.86 bits per heavy atom. The van der Waals surface area contributed by atoms with Gasteiger partial charge in [-0.1, -0.05) is 41.9 Å². The van der Waals surface area contributed by atoms with Crippen molar-refractivity contribution >= 4 is 27.5 Å². The smallest absolute Gasteiger partial charge is 0.243 e. The first kappa shape index (κ1) is 20.8. The van der Waals surface area contributed by atoms with E-state index < -0.39 is 10.0 Å². The summed E-state index contributed by atoms with van der Waals surface area (Å²) in [6, 6.07) is 15.0. The Bertz CT molecular complexity index is 882. The lowest BCUT2D eigenvalue weighted by molar-refractivity contribution is -0.121. The van der Waals surface area contributed by atoms with Crippen LogP contribution in [0.5, 0.6) is 0 Å². The second kappa shape index (κ2) is 9.52. The number of ether oxygens (including phenoxy) is 1. The molecule has 0 unspecified atom stereocenters. The number of nitrogens with zero attached hydrogens (tertiary/aromatic N) is 1. The number of sulfonamides is 1. The molecule has 150 valence electrons. The molecule has 1 aliphatic rings. The van der Waals surface area contributed by atoms with Gasteiger partial charge in [-0.05, 0) is 42.7 Å². The summed E-state index contributed by atoms with van der Waals surface area (Å²) in [6.45, 7) is 0.888. The molecule has 0 aromatic heterocycles. The van der Waals surface area contributed by atoms with E-state index in [1.165, 1.54) is 16.4 Å². The zero-order chi connectivity index (χ0) is 20.0. The summed E-state index contributed by atoms with van der Waals surface area (Å²) >= 11 is 5.91. The van der Waals surface area contributed by atoms with Crippen LogP contribution in [0.25, 0.3) is 0 Å². The van der Waals surface area contributed by atoms with E-state index in [0.717, 1.165) is 18.4 Å². The number of rotatable bonds is 8. The van der Waals surface area contributed by atoms with E-state index in [4.69, 9.17) is 16.3 Å². The summed E-state index contributed by atoms with van der Waals surface area (Å²) in [6.07, 6.45) is 1.88. The summed E-state index contributed by atoms with van der Waals surface area (Å²) in [5, 5.41) is 3.35. The van der Waals surface area contributed by atoms with Crippen molar-refractivity contribution in [3.63, 3.8) is 0 Å². The van der Waals surface area contributed by atoms with Gasteiger partial charge in [-0.3, -0.25) is 4.79 Å². The predicted molar refractivity (Wildman–Crippen MR) is 107 cm³/mol. The van der Waals surface area contributed by atoms with Gasteiger partial charge in [0.05, 0.1) is 17.5 Å². The van der Waals surface area contributed by atoms with Crippen LogP contribution >= 0.6 is 11.6 Å². The van der Waals surface area contributed by atoms with Crippen LogP contribution in [0.3, 0.4) is 0 Å². The molecule has 0 spiro atoms. The van der Waals surface area contributed by atoms with Gasteiger partial charge in [0, 0.05) is 24.7 Å². The second-order valence-electron chi connectivity index (χ2n) is 6.65. The van der Waals surface area contributed by atoms with Crippen molar-refractivity contribution in [2.24, 2.45) is 0 Å². The Labute approximate surface area is 170 Å². The van der Waals surface area contributed by atoms with E-state index in [1.807, 2.05) is 0 Å². The van der Waals surface area contributed by atoms with Crippen molar-refractivity contribution in [1.29, 1.82) is 0 Å². The topological polar surface area (TPSA) is 75.7 Å². The monoisotopic (exact) mass is 422 g/mol. The quantitative estimate of drug-likeness (QED) is 0.709. The van der Waals surface area contributed by atoms with Gasteiger partial charge in [0.2, 0.25) is 15.9 Å². The molecule has 0 saturated carbocycles. The SMILES string of the molecule is O=C(CN(Cc1ccc(Cl)cc1)S(=O)(=O)c1ccccc1)NC[C@@H]1CCCO1. The Morgan fingerprint density at radius 3 is 2.50 bits per heavy atom. The summed E-state index contributed by atoms with van der Waals surface area (Å²) in [5.41, 5.74) is 0.746. The molecule has 1 saturated heterocycles. The van der Waals surface area contributed by atoms with Crippen LogP contribution in [-0.2, 0) is 26.1 Å². The third-order valence-corrected chi connectivity index (χ3v) is 6.58. The number of halogens is 1. The minimum atomic E-state index is -3.83. The third kappa shape index (κ3) is 5.54. The molecular formula is C20H23ClN2O4S. The maximum absolute atomic E-state index is 13.1. The van der Waals surface area contributed by atoms with Crippen LogP contribution < -0.4 is 5.32 Å². The fourth-order valence-corrected chi connectivity index (χ4v) is 4.54. The molecule has 1 amide bonds. The van der Waals surface area contributed by atoms with E-state index >= 15 is 0 Å². The van der Waals surface area contributed by atoms with Gasteiger partial charge >= 0.3 is 0 Å². The van der Waals surface area contributed by atoms with Crippen molar-refractivity contribution in [2.45, 2.75) is 30.4 Å². The highest BCUT2D eigenvalue weighted by Gasteiger charge is 2.27. The van der Waals surface area contributed by atoms with E-state index in [-0.39, 0.29) is 30.0 Å². The Kier molecular flexibility index (Phi) is 7.07. The summed E-state index contributed by atoms with van der Waals surface area (Å²) < 4.78 is 32.9. The molecule has 2 aromatic carbocycles. The number of hydrogen-bond acceptors (Lipinski definition) is 4. The number of benzene rings is 2. The van der Waals surface area contributed by atoms with Crippen LogP contribution in [-0.4, -0.2) is 44.4 Å². The first-order valence-corrected chi connectivity index (χ1v) is 10.9. The number of carbonyl (C=O) groups is 1. The lowest BCUT2D eigenvalue weighted by Gasteiger charge is -2.22. The molecule has 0 bridgehead atoms. The number of hydrogen-bond donors (Lipinski definition) is 1. The van der Waals surface area contributed by atoms with Crippen molar-refractivity contribution in [1.82, 2.24) is 9.62 Å². The molecule has 2 aromatic rings. The molecule has 1 heterocycles. The maximum Gasteiger partial charge on any atom is 0.243 e. The van der Waals surface area contributed by atoms with Crippen molar-refractivity contribution < 1.29 is 17.9 Å². The minimum Gasteiger partial charge on any atom is -0.376 e. The molecule has 1 fully saturated rings. The lowest BCUT2D eigenvalue weighted by Crippen LogP contribution is -2.42. The number of carbonyl (C=O) groups excluding carboxylic acids is 1. The van der Waals surface area contributed by atoms with Gasteiger partial charge in [0.15, 0.2) is 0 Å². The molecule has 1 aliphatic heterocycles. The maximum atomic E-state index is 13.1. The number of amides is 1. The minimum absolute atomic E-state index is 0.000560. The molecule has 0 radical (unpaired) electrons. The first-order chi connectivity index (χ1) is 13.4. The molecule has 28 heavy (non-hydrogen) atoms. The largest absolute Gasteiger partial charge is 0.376 e. The van der Waals surface area contributed by atoms with Gasteiger partial charge in [0.1, 0.15) is 0 Å². The highest BCUT2D eigenvalue weighted by molar-refractivity contribution is 7.89. The summed E-state index contributed by atoms with van der Waals surface area (Å²) in [4.78, 5) is 12.6. The van der Waals surface area contributed by atoms with Crippen LogP contribution in [0.1, 0.15) is 18.4 Å². The van der Waals surface area contributed by atoms with Crippen LogP contribution in [0.2, 0.25) is 5.02 Å². The normalized spacial score (nSPS) is 17.0. The van der Waals surface area contributed by atoms with Gasteiger partial charge in [0.25, 0.3) is 0 Å². The summed E-state index contributed by atoms with van der Waals surface area (Å²) in [7, 11) is -3.83. The molecule has 1 atom stereocenters. The zero-order valence-corrected chi connectivity index (χ0v) is 17.0. The van der Waals surface area contributed by atoms with E-state index in [9.17, 15) is 13.2 Å². The highest BCUT2D eigenvalue weighted by atomic mass is 35.5. The van der Waals surface area contributed by atoms with Crippen molar-refractivity contribution in [3.8, 4) is 0 Å². The van der Waals surface area contributed by atoms with Crippen LogP contribution in [0, 0.1) is 0 Å². The lowest BCUT2D eigenvalue weighted by atomic mass is 10.2. The Morgan fingerprint density at radius 1 is 1.14 bits per heavy atom. The van der Waals surface area contributed by atoms with Crippen molar-refractivity contribution in [3.05, 3.63) is 65.2 Å². The Balaban J connectivity index is 1.75. The van der Waals surface area contributed by atoms with Gasteiger partial charge in [-0.2, -0.15) is 4.31 Å². The van der Waals surface area contributed by atoms with Gasteiger partial charge in [-0.15, -0.1) is 0 Å². The second-order valence-corrected chi connectivity index (χ2v) is 9.03. The van der Waals surface area contributed by atoms with Gasteiger partial charge < -0.3 is 10.1 Å². The zero-order valence-electron chi connectivity index (χ0n) is 15.4. The molecule has 6 nitrogen and oxygen atoms in total. The average Bonchev–Trinajstić information content (AvgIpc) is 3.22. The molecule has 1 N–H and O–H groups in total. The predicted octanol–water partition coefficient (Wildman–Crippen LogP) is 2.83. The molecular weight excluding hydrogens is 400 g/mol. The molecule has 0 aliphatic carbocycles. The van der Waals surface area contributed by atoms with E-state index in [2.05, 4.69) is 5.32 Å². The Hall–Kier alpha value is -1.93. The van der Waals surface area contributed by atoms with Crippen molar-refractivity contribution in [2.75, 3.05) is 19.7 Å². The number of nitrogens with one attached hydrogen (secondary N) is 1. The average molecular weight is 423 g/mol. The third-order valence-electron chi connectivity index (χ3n) is 4.52. The summed E-state index contributed by atoms with van der Waals surface area (Å²) in [5.74, 6) is -0.357. The van der Waals surface area contributed by atoms with Gasteiger partial charge in [-0.25, -0.2) is 8.42 Å². The first-order valence-electron chi connectivity index (χ1n) is 9.13.